The number of nitrogens with zero attached hydrogens (tertiary/aromatic N) is 1. The summed E-state index contributed by atoms with van der Waals surface area (Å²) in [6, 6.07) is 0. The number of amides is 2. The minimum Gasteiger partial charge on any atom is -0.477 e. The van der Waals surface area contributed by atoms with Crippen LogP contribution < -0.4 is 5.73 Å². The van der Waals surface area contributed by atoms with Crippen LogP contribution in [0.5, 0.6) is 0 Å². The van der Waals surface area contributed by atoms with E-state index in [1.165, 1.54) is 28.4 Å². The molecule has 0 aromatic carbocycles. The molecule has 2 rings (SSSR count). The second-order valence-electron chi connectivity index (χ2n) is 3.55. The molecule has 0 aromatic rings. The molecule has 92 valence electrons. The quantitative estimate of drug-likeness (QED) is 0.692. The van der Waals surface area contributed by atoms with E-state index in [0.29, 0.717) is 16.4 Å². The zero-order valence-corrected chi connectivity index (χ0v) is 10.3. The zero-order valence-electron chi connectivity index (χ0n) is 8.71. The van der Waals surface area contributed by atoms with Crippen molar-refractivity contribution in [3.63, 3.8) is 0 Å². The Labute approximate surface area is 106 Å². The molecule has 2 heterocycles. The molecule has 2 aliphatic heterocycles. The predicted molar refractivity (Wildman–Crippen MR) is 63.8 cm³/mol. The number of hydrogen-bond acceptors (Lipinski definition) is 5. The lowest BCUT2D eigenvalue weighted by atomic mass is 10.2. The number of carboxylic acids is 1. The van der Waals surface area contributed by atoms with E-state index in [2.05, 4.69) is 0 Å². The molecule has 0 bridgehead atoms. The second kappa shape index (κ2) is 4.61. The van der Waals surface area contributed by atoms with Crippen LogP contribution >= 0.6 is 23.5 Å². The lowest BCUT2D eigenvalue weighted by molar-refractivity contribution is -0.145. The molecule has 0 aromatic heterocycles. The molecule has 2 aliphatic rings. The summed E-state index contributed by atoms with van der Waals surface area (Å²) in [4.78, 5) is 34.3. The number of carbonyl (C=O) groups excluding carboxylic acids is 2. The largest absolute Gasteiger partial charge is 0.477 e. The number of carboxylic acid groups (broad SMARTS) is 1. The molecule has 3 N–H and O–H groups in total. The topological polar surface area (TPSA) is 101 Å². The Morgan fingerprint density at radius 2 is 2.29 bits per heavy atom. The highest BCUT2D eigenvalue weighted by Gasteiger charge is 2.48. The third-order valence-corrected chi connectivity index (χ3v) is 4.93. The van der Waals surface area contributed by atoms with Crippen molar-refractivity contribution >= 4 is 41.3 Å². The Morgan fingerprint density at radius 3 is 2.82 bits per heavy atom. The fourth-order valence-corrected chi connectivity index (χ4v) is 4.33. The molecular weight excluding hydrogens is 264 g/mol. The molecule has 1 fully saturated rings. The number of carbonyl (C=O) groups is 3. The van der Waals surface area contributed by atoms with E-state index in [9.17, 15) is 14.4 Å². The van der Waals surface area contributed by atoms with Gasteiger partial charge in [-0.3, -0.25) is 14.5 Å². The van der Waals surface area contributed by atoms with Crippen molar-refractivity contribution in [2.24, 2.45) is 5.73 Å². The van der Waals surface area contributed by atoms with E-state index < -0.39 is 11.9 Å². The van der Waals surface area contributed by atoms with Gasteiger partial charge in [-0.2, -0.15) is 0 Å². The summed E-state index contributed by atoms with van der Waals surface area (Å²) < 4.78 is 0.592. The van der Waals surface area contributed by atoms with Crippen molar-refractivity contribution in [3.05, 3.63) is 9.93 Å². The van der Waals surface area contributed by atoms with Crippen molar-refractivity contribution in [1.29, 1.82) is 0 Å². The lowest BCUT2D eigenvalue weighted by Gasteiger charge is -2.33. The summed E-state index contributed by atoms with van der Waals surface area (Å²) in [6.07, 6.45) is 0.571. The maximum absolute atomic E-state index is 11.3. The first-order valence-electron chi connectivity index (χ1n) is 4.88. The van der Waals surface area contributed by atoms with Crippen LogP contribution in [0, 0.1) is 0 Å². The predicted octanol–water partition coefficient (Wildman–Crippen LogP) is 0.154. The van der Waals surface area contributed by atoms with E-state index in [-0.39, 0.29) is 23.4 Å². The van der Waals surface area contributed by atoms with Gasteiger partial charge in [0, 0.05) is 12.2 Å². The number of β-lactam (4-membered cyclic amide) rings is 1. The van der Waals surface area contributed by atoms with Crippen LogP contribution in [0.1, 0.15) is 12.8 Å². The fourth-order valence-electron chi connectivity index (χ4n) is 1.57. The van der Waals surface area contributed by atoms with Crippen LogP contribution in [-0.4, -0.2) is 38.9 Å². The van der Waals surface area contributed by atoms with Crippen LogP contribution in [0.4, 0.5) is 0 Å². The van der Waals surface area contributed by atoms with Crippen LogP contribution in [0.15, 0.2) is 9.93 Å². The highest BCUT2D eigenvalue weighted by Crippen LogP contribution is 2.50. The second-order valence-corrected chi connectivity index (χ2v) is 6.10. The van der Waals surface area contributed by atoms with Crippen molar-refractivity contribution in [3.8, 4) is 0 Å². The van der Waals surface area contributed by atoms with Crippen molar-refractivity contribution < 1.29 is 19.5 Å². The highest BCUT2D eigenvalue weighted by molar-refractivity contribution is 8.22. The van der Waals surface area contributed by atoms with Gasteiger partial charge >= 0.3 is 5.97 Å². The van der Waals surface area contributed by atoms with Gasteiger partial charge in [0.25, 0.3) is 0 Å². The number of primary amides is 1. The van der Waals surface area contributed by atoms with Crippen LogP contribution in [0.25, 0.3) is 0 Å². The van der Waals surface area contributed by atoms with Gasteiger partial charge in [-0.05, 0) is 0 Å². The summed E-state index contributed by atoms with van der Waals surface area (Å²) in [5, 5.41) is 8.98. The maximum Gasteiger partial charge on any atom is 0.354 e. The van der Waals surface area contributed by atoms with Gasteiger partial charge in [-0.15, -0.1) is 11.8 Å². The molecule has 8 heteroatoms. The third-order valence-electron chi connectivity index (χ3n) is 2.37. The van der Waals surface area contributed by atoms with Crippen molar-refractivity contribution in [1.82, 2.24) is 4.90 Å². The first-order valence-corrected chi connectivity index (χ1v) is 6.74. The number of fused-ring (bicyclic) bond motifs is 1. The molecule has 0 saturated carbocycles. The van der Waals surface area contributed by atoms with E-state index in [1.54, 1.807) is 0 Å². The van der Waals surface area contributed by atoms with Crippen molar-refractivity contribution in [2.45, 2.75) is 18.2 Å². The van der Waals surface area contributed by atoms with E-state index in [4.69, 9.17) is 10.8 Å². The minimum atomic E-state index is -1.10. The molecule has 0 radical (unpaired) electrons. The number of hydrogen-bond donors (Lipinski definition) is 2. The SMILES string of the molecule is NC(=O)CCSC1=C(C(=O)O)N2C(=O)C[C@@H]2S1. The maximum atomic E-state index is 11.3. The molecule has 2 amide bonds. The van der Waals surface area contributed by atoms with Gasteiger partial charge in [0.2, 0.25) is 11.8 Å². The van der Waals surface area contributed by atoms with E-state index >= 15 is 0 Å². The first kappa shape index (κ1) is 12.3. The van der Waals surface area contributed by atoms with Crippen LogP contribution in [-0.2, 0) is 14.4 Å². The average Bonchev–Trinajstić information content (AvgIpc) is 2.50. The Morgan fingerprint density at radius 1 is 1.59 bits per heavy atom. The smallest absolute Gasteiger partial charge is 0.354 e. The van der Waals surface area contributed by atoms with Crippen molar-refractivity contribution in [2.75, 3.05) is 5.75 Å². The van der Waals surface area contributed by atoms with Gasteiger partial charge in [-0.1, -0.05) is 11.8 Å². The zero-order chi connectivity index (χ0) is 12.6. The molecule has 1 saturated heterocycles. The number of rotatable bonds is 5. The number of aliphatic carboxylic acids is 1. The standard InChI is InChI=1S/C9H10N2O4S2/c10-4(12)1-2-16-9-7(8(14)15)11-5(13)3-6(11)17-9/h6H,1-3H2,(H2,10,12)(H,14,15)/t6-/m0/s1. The molecule has 6 nitrogen and oxygen atoms in total. The Hall–Kier alpha value is -1.15. The summed E-state index contributed by atoms with van der Waals surface area (Å²) in [5.41, 5.74) is 5.05. The monoisotopic (exact) mass is 274 g/mol. The van der Waals surface area contributed by atoms with Crippen LogP contribution in [0.2, 0.25) is 0 Å². The molecule has 0 spiro atoms. The Bertz CT molecular complexity index is 435. The number of thioether (sulfide) groups is 2. The first-order chi connectivity index (χ1) is 8.00. The number of nitrogens with two attached hydrogens (primary N) is 1. The third kappa shape index (κ3) is 2.27. The Balaban J connectivity index is 2.07. The molecule has 1 atom stereocenters. The van der Waals surface area contributed by atoms with Gasteiger partial charge in [-0.25, -0.2) is 4.79 Å². The van der Waals surface area contributed by atoms with Crippen LogP contribution in [0.3, 0.4) is 0 Å². The van der Waals surface area contributed by atoms with E-state index in [1.807, 2.05) is 0 Å². The molecule has 17 heavy (non-hydrogen) atoms. The summed E-state index contributed by atoms with van der Waals surface area (Å²) in [6.45, 7) is 0. The summed E-state index contributed by atoms with van der Waals surface area (Å²) in [7, 11) is 0. The Kier molecular flexibility index (Phi) is 3.34. The molecule has 0 aliphatic carbocycles. The van der Waals surface area contributed by atoms with Gasteiger partial charge in [0.1, 0.15) is 0 Å². The minimum absolute atomic E-state index is 0.0470. The normalized spacial score (nSPS) is 22.5. The summed E-state index contributed by atoms with van der Waals surface area (Å²) in [5.74, 6) is -1.25. The average molecular weight is 274 g/mol. The fraction of sp³-hybridized carbons (Fsp3) is 0.444. The van der Waals surface area contributed by atoms with Gasteiger partial charge in [0.15, 0.2) is 5.70 Å². The summed E-state index contributed by atoms with van der Waals surface area (Å²) >= 11 is 2.63. The molecular formula is C9H10N2O4S2. The lowest BCUT2D eigenvalue weighted by Crippen LogP contribution is -2.48. The van der Waals surface area contributed by atoms with E-state index in [0.717, 1.165) is 0 Å². The highest BCUT2D eigenvalue weighted by atomic mass is 32.2. The van der Waals surface area contributed by atoms with Gasteiger partial charge in [0.05, 0.1) is 16.0 Å². The van der Waals surface area contributed by atoms with Gasteiger partial charge < -0.3 is 10.8 Å². The molecule has 0 unspecified atom stereocenters.